The third kappa shape index (κ3) is 6.43. The van der Waals surface area contributed by atoms with Gasteiger partial charge in [-0.05, 0) is 37.6 Å². The van der Waals surface area contributed by atoms with E-state index in [1.165, 1.54) is 0 Å². The Bertz CT molecular complexity index is 309. The molecule has 0 atom stereocenters. The summed E-state index contributed by atoms with van der Waals surface area (Å²) < 4.78 is 5.20. The summed E-state index contributed by atoms with van der Waals surface area (Å²) in [5.74, 6) is 2.57. The molecule has 0 saturated heterocycles. The van der Waals surface area contributed by atoms with Crippen molar-refractivity contribution < 1.29 is 9.52 Å². The Kier molecular flexibility index (Phi) is 5.69. The lowest BCUT2D eigenvalue weighted by Crippen LogP contribution is -2.23. The molecular weight excluding hydrogens is 246 g/mol. The molecule has 0 aliphatic rings. The molecule has 0 bridgehead atoms. The highest BCUT2D eigenvalue weighted by molar-refractivity contribution is 7.99. The smallest absolute Gasteiger partial charge is 0.193 e. The van der Waals surface area contributed by atoms with Crippen molar-refractivity contribution in [3.05, 3.63) is 23.1 Å². The summed E-state index contributed by atoms with van der Waals surface area (Å²) in [6, 6.07) is 3.60. The van der Waals surface area contributed by atoms with Crippen LogP contribution in [0.4, 0.5) is 0 Å². The number of rotatable bonds is 7. The van der Waals surface area contributed by atoms with E-state index in [0.29, 0.717) is 11.8 Å². The van der Waals surface area contributed by atoms with Gasteiger partial charge in [0.15, 0.2) is 5.22 Å². The summed E-state index contributed by atoms with van der Waals surface area (Å²) in [5, 5.41) is 13.2. The molecular formula is C11H18ClNO2S. The molecule has 0 aliphatic carbocycles. The van der Waals surface area contributed by atoms with Crippen LogP contribution >= 0.6 is 23.4 Å². The number of halogens is 1. The molecule has 1 aromatic heterocycles. The predicted molar refractivity (Wildman–Crippen MR) is 69.0 cm³/mol. The van der Waals surface area contributed by atoms with Crippen molar-refractivity contribution in [2.24, 2.45) is 0 Å². The van der Waals surface area contributed by atoms with Gasteiger partial charge in [-0.2, -0.15) is 11.8 Å². The average molecular weight is 264 g/mol. The first-order chi connectivity index (χ1) is 7.47. The van der Waals surface area contributed by atoms with Gasteiger partial charge in [-0.15, -0.1) is 0 Å². The lowest BCUT2D eigenvalue weighted by molar-refractivity contribution is 0.107. The molecule has 0 fully saturated rings. The van der Waals surface area contributed by atoms with Crippen LogP contribution in [0.2, 0.25) is 5.22 Å². The van der Waals surface area contributed by atoms with Gasteiger partial charge in [0, 0.05) is 18.1 Å². The van der Waals surface area contributed by atoms with Gasteiger partial charge >= 0.3 is 0 Å². The molecule has 3 nitrogen and oxygen atoms in total. The van der Waals surface area contributed by atoms with Crippen LogP contribution in [-0.4, -0.2) is 28.8 Å². The molecule has 0 saturated carbocycles. The summed E-state index contributed by atoms with van der Waals surface area (Å²) in [5.41, 5.74) is -0.584. The van der Waals surface area contributed by atoms with Crippen molar-refractivity contribution in [3.63, 3.8) is 0 Å². The molecule has 0 spiro atoms. The summed E-state index contributed by atoms with van der Waals surface area (Å²) in [7, 11) is 0. The van der Waals surface area contributed by atoms with E-state index in [9.17, 15) is 5.11 Å². The lowest BCUT2D eigenvalue weighted by Gasteiger charge is -2.15. The van der Waals surface area contributed by atoms with Gasteiger partial charge in [0.05, 0.1) is 12.1 Å². The zero-order valence-corrected chi connectivity index (χ0v) is 11.2. The van der Waals surface area contributed by atoms with Crippen molar-refractivity contribution in [3.8, 4) is 0 Å². The van der Waals surface area contributed by atoms with E-state index in [-0.39, 0.29) is 0 Å². The van der Waals surface area contributed by atoms with Crippen LogP contribution in [0.15, 0.2) is 16.5 Å². The van der Waals surface area contributed by atoms with Crippen LogP contribution in [-0.2, 0) is 6.54 Å². The third-order valence-corrected chi connectivity index (χ3v) is 3.41. The van der Waals surface area contributed by atoms with Gasteiger partial charge in [0.1, 0.15) is 5.76 Å². The monoisotopic (exact) mass is 263 g/mol. The lowest BCUT2D eigenvalue weighted by atomic mass is 10.2. The molecule has 2 N–H and O–H groups in total. The Labute approximate surface area is 106 Å². The first-order valence-electron chi connectivity index (χ1n) is 5.22. The van der Waals surface area contributed by atoms with Gasteiger partial charge < -0.3 is 14.8 Å². The summed E-state index contributed by atoms with van der Waals surface area (Å²) in [6.07, 6.45) is 0. The van der Waals surface area contributed by atoms with Crippen molar-refractivity contribution in [1.82, 2.24) is 5.32 Å². The molecule has 5 heteroatoms. The summed E-state index contributed by atoms with van der Waals surface area (Å²) in [4.78, 5) is 0. The number of aliphatic hydroxyl groups is 1. The zero-order valence-electron chi connectivity index (χ0n) is 9.62. The number of thioether (sulfide) groups is 1. The maximum atomic E-state index is 9.48. The number of hydrogen-bond donors (Lipinski definition) is 2. The van der Waals surface area contributed by atoms with E-state index in [1.807, 2.05) is 19.9 Å². The van der Waals surface area contributed by atoms with E-state index in [1.54, 1.807) is 17.8 Å². The second kappa shape index (κ2) is 6.55. The largest absolute Gasteiger partial charge is 0.448 e. The molecule has 1 heterocycles. The Morgan fingerprint density at radius 2 is 2.25 bits per heavy atom. The van der Waals surface area contributed by atoms with Crippen LogP contribution in [0.3, 0.4) is 0 Å². The van der Waals surface area contributed by atoms with Gasteiger partial charge in [0.2, 0.25) is 0 Å². The van der Waals surface area contributed by atoms with E-state index in [2.05, 4.69) is 5.32 Å². The second-order valence-corrected chi connectivity index (χ2v) is 5.73. The average Bonchev–Trinajstić information content (AvgIpc) is 2.56. The van der Waals surface area contributed by atoms with Crippen molar-refractivity contribution in [1.29, 1.82) is 0 Å². The fourth-order valence-electron chi connectivity index (χ4n) is 1.12. The minimum absolute atomic E-state index is 0.424. The van der Waals surface area contributed by atoms with E-state index < -0.39 is 5.60 Å². The molecule has 1 rings (SSSR count). The van der Waals surface area contributed by atoms with Crippen LogP contribution in [0, 0.1) is 0 Å². The van der Waals surface area contributed by atoms with Gasteiger partial charge in [-0.3, -0.25) is 0 Å². The Hall–Kier alpha value is -0.160. The Morgan fingerprint density at radius 3 is 2.81 bits per heavy atom. The minimum Gasteiger partial charge on any atom is -0.448 e. The van der Waals surface area contributed by atoms with E-state index in [4.69, 9.17) is 16.0 Å². The first kappa shape index (κ1) is 13.9. The van der Waals surface area contributed by atoms with Gasteiger partial charge in [-0.25, -0.2) is 0 Å². The van der Waals surface area contributed by atoms with Gasteiger partial charge in [-0.1, -0.05) is 0 Å². The number of hydrogen-bond acceptors (Lipinski definition) is 4. The number of nitrogens with one attached hydrogen (secondary N) is 1. The molecule has 16 heavy (non-hydrogen) atoms. The van der Waals surface area contributed by atoms with E-state index >= 15 is 0 Å². The fourth-order valence-corrected chi connectivity index (χ4v) is 2.22. The van der Waals surface area contributed by atoms with Crippen LogP contribution < -0.4 is 5.32 Å². The van der Waals surface area contributed by atoms with Crippen molar-refractivity contribution in [2.45, 2.75) is 26.0 Å². The summed E-state index contributed by atoms with van der Waals surface area (Å²) >= 11 is 7.38. The highest BCUT2D eigenvalue weighted by Crippen LogP contribution is 2.13. The zero-order chi connectivity index (χ0) is 12.0. The first-order valence-corrected chi connectivity index (χ1v) is 6.76. The maximum Gasteiger partial charge on any atom is 0.193 e. The molecule has 0 aliphatic heterocycles. The molecule has 0 radical (unpaired) electrons. The normalized spacial score (nSPS) is 12.0. The fraction of sp³-hybridized carbons (Fsp3) is 0.636. The highest BCUT2D eigenvalue weighted by atomic mass is 35.5. The van der Waals surface area contributed by atoms with Crippen molar-refractivity contribution in [2.75, 3.05) is 18.1 Å². The summed E-state index contributed by atoms with van der Waals surface area (Å²) in [6.45, 7) is 5.21. The van der Waals surface area contributed by atoms with Crippen LogP contribution in [0.5, 0.6) is 0 Å². The van der Waals surface area contributed by atoms with Gasteiger partial charge in [0.25, 0.3) is 0 Å². The second-order valence-electron chi connectivity index (χ2n) is 4.25. The van der Waals surface area contributed by atoms with Crippen LogP contribution in [0.25, 0.3) is 0 Å². The molecule has 0 aromatic carbocycles. The molecule has 1 aromatic rings. The highest BCUT2D eigenvalue weighted by Gasteiger charge is 2.11. The topological polar surface area (TPSA) is 45.4 Å². The molecule has 0 amide bonds. The van der Waals surface area contributed by atoms with Crippen LogP contribution in [0.1, 0.15) is 19.6 Å². The molecule has 92 valence electrons. The minimum atomic E-state index is -0.584. The predicted octanol–water partition coefficient (Wildman–Crippen LogP) is 2.53. The quantitative estimate of drug-likeness (QED) is 0.742. The third-order valence-electron chi connectivity index (χ3n) is 1.81. The SMILES string of the molecule is CC(C)(O)CSCCNCc1ccc(Cl)o1. The standard InChI is InChI=1S/C11H18ClNO2S/c1-11(2,14)8-16-6-5-13-7-9-3-4-10(12)15-9/h3-4,13-14H,5-8H2,1-2H3. The Morgan fingerprint density at radius 1 is 1.50 bits per heavy atom. The van der Waals surface area contributed by atoms with Crippen molar-refractivity contribution >= 4 is 23.4 Å². The Balaban J connectivity index is 2.00. The molecule has 0 unspecified atom stereocenters. The number of furan rings is 1. The van der Waals surface area contributed by atoms with E-state index in [0.717, 1.165) is 23.8 Å². The maximum absolute atomic E-state index is 9.48.